The highest BCUT2D eigenvalue weighted by molar-refractivity contribution is 7.22. The fourth-order valence-corrected chi connectivity index (χ4v) is 4.92. The van der Waals surface area contributed by atoms with Crippen LogP contribution in [0.2, 0.25) is 0 Å². The number of anilines is 1. The van der Waals surface area contributed by atoms with Gasteiger partial charge in [0.2, 0.25) is 0 Å². The van der Waals surface area contributed by atoms with E-state index >= 15 is 0 Å². The highest BCUT2D eigenvalue weighted by Crippen LogP contribution is 2.31. The van der Waals surface area contributed by atoms with Gasteiger partial charge in [-0.1, -0.05) is 24.3 Å². The molecule has 1 amide bonds. The Bertz CT molecular complexity index is 1030. The molecule has 32 heavy (non-hydrogen) atoms. The Morgan fingerprint density at radius 2 is 1.94 bits per heavy atom. The quantitative estimate of drug-likeness (QED) is 0.473. The molecule has 1 aliphatic rings. The van der Waals surface area contributed by atoms with E-state index in [-0.39, 0.29) is 5.91 Å². The van der Waals surface area contributed by atoms with Crippen LogP contribution in [0.3, 0.4) is 0 Å². The molecule has 0 bridgehead atoms. The van der Waals surface area contributed by atoms with Gasteiger partial charge in [-0.2, -0.15) is 0 Å². The minimum atomic E-state index is -0.0233. The molecule has 0 radical (unpaired) electrons. The standard InChI is InChI=1S/C25H31N3O3S/c1-3-19-6-11-22-23(18-19)32-25(26-22)28(13-5-12-27-14-16-30-17-15-27)24(29)20-7-9-21(10-8-20)31-4-2/h6-11,18H,3-5,12-17H2,1-2H3. The van der Waals surface area contributed by atoms with E-state index in [4.69, 9.17) is 14.5 Å². The van der Waals surface area contributed by atoms with Crippen molar-refractivity contribution in [2.75, 3.05) is 50.9 Å². The van der Waals surface area contributed by atoms with Crippen LogP contribution in [0.4, 0.5) is 5.13 Å². The van der Waals surface area contributed by atoms with Crippen molar-refractivity contribution < 1.29 is 14.3 Å². The summed E-state index contributed by atoms with van der Waals surface area (Å²) in [5.41, 5.74) is 2.87. The number of hydrogen-bond donors (Lipinski definition) is 0. The zero-order valence-electron chi connectivity index (χ0n) is 18.9. The Balaban J connectivity index is 1.56. The molecule has 0 atom stereocenters. The summed E-state index contributed by atoms with van der Waals surface area (Å²) in [7, 11) is 0. The highest BCUT2D eigenvalue weighted by Gasteiger charge is 2.22. The Kier molecular flexibility index (Phi) is 7.73. The number of aromatic nitrogens is 1. The Labute approximate surface area is 193 Å². The summed E-state index contributed by atoms with van der Waals surface area (Å²) in [6.45, 7) is 9.75. The van der Waals surface area contributed by atoms with Gasteiger partial charge in [0.25, 0.3) is 5.91 Å². The number of carbonyl (C=O) groups excluding carboxylic acids is 1. The van der Waals surface area contributed by atoms with Crippen LogP contribution in [0.15, 0.2) is 42.5 Å². The van der Waals surface area contributed by atoms with Crippen LogP contribution in [-0.2, 0) is 11.2 Å². The number of nitrogens with zero attached hydrogens (tertiary/aromatic N) is 3. The van der Waals surface area contributed by atoms with Crippen molar-refractivity contribution in [1.82, 2.24) is 9.88 Å². The molecule has 7 heteroatoms. The van der Waals surface area contributed by atoms with Crippen molar-refractivity contribution in [3.05, 3.63) is 53.6 Å². The molecule has 1 fully saturated rings. The molecular weight excluding hydrogens is 422 g/mol. The molecule has 0 N–H and O–H groups in total. The second-order valence-electron chi connectivity index (χ2n) is 7.87. The van der Waals surface area contributed by atoms with Gasteiger partial charge in [0.05, 0.1) is 30.0 Å². The van der Waals surface area contributed by atoms with Gasteiger partial charge in [0, 0.05) is 31.7 Å². The number of benzene rings is 2. The molecule has 1 aromatic heterocycles. The third-order valence-electron chi connectivity index (χ3n) is 5.70. The van der Waals surface area contributed by atoms with Crippen molar-refractivity contribution in [3.63, 3.8) is 0 Å². The number of rotatable bonds is 9. The van der Waals surface area contributed by atoms with E-state index < -0.39 is 0 Å². The average molecular weight is 454 g/mol. The number of carbonyl (C=O) groups is 1. The number of thiazole rings is 1. The van der Waals surface area contributed by atoms with Crippen LogP contribution in [0.1, 0.15) is 36.2 Å². The second-order valence-corrected chi connectivity index (χ2v) is 8.88. The topological polar surface area (TPSA) is 54.9 Å². The predicted octanol–water partition coefficient (Wildman–Crippen LogP) is 4.63. The molecule has 0 unspecified atom stereocenters. The number of hydrogen-bond acceptors (Lipinski definition) is 6. The maximum Gasteiger partial charge on any atom is 0.260 e. The fourth-order valence-electron chi connectivity index (χ4n) is 3.87. The Morgan fingerprint density at radius 3 is 2.66 bits per heavy atom. The van der Waals surface area contributed by atoms with E-state index in [9.17, 15) is 4.79 Å². The van der Waals surface area contributed by atoms with Crippen LogP contribution in [0.25, 0.3) is 10.2 Å². The number of fused-ring (bicyclic) bond motifs is 1. The maximum atomic E-state index is 13.5. The molecule has 1 saturated heterocycles. The van der Waals surface area contributed by atoms with Crippen LogP contribution in [0.5, 0.6) is 5.75 Å². The molecular formula is C25H31N3O3S. The Hall–Kier alpha value is -2.48. The zero-order valence-corrected chi connectivity index (χ0v) is 19.7. The van der Waals surface area contributed by atoms with Gasteiger partial charge in [-0.15, -0.1) is 0 Å². The zero-order chi connectivity index (χ0) is 22.3. The van der Waals surface area contributed by atoms with Crippen LogP contribution >= 0.6 is 11.3 Å². The van der Waals surface area contributed by atoms with E-state index in [1.54, 1.807) is 11.3 Å². The first-order valence-electron chi connectivity index (χ1n) is 11.4. The number of ether oxygens (including phenoxy) is 2. The minimum Gasteiger partial charge on any atom is -0.494 e. The van der Waals surface area contributed by atoms with Gasteiger partial charge >= 0.3 is 0 Å². The van der Waals surface area contributed by atoms with Gasteiger partial charge in [0.1, 0.15) is 5.75 Å². The molecule has 0 saturated carbocycles. The van der Waals surface area contributed by atoms with Gasteiger partial charge < -0.3 is 9.47 Å². The summed E-state index contributed by atoms with van der Waals surface area (Å²) in [6.07, 6.45) is 1.87. The molecule has 170 valence electrons. The van der Waals surface area contributed by atoms with Gasteiger partial charge in [0.15, 0.2) is 5.13 Å². The largest absolute Gasteiger partial charge is 0.494 e. The molecule has 0 spiro atoms. The lowest BCUT2D eigenvalue weighted by molar-refractivity contribution is 0.0376. The molecule has 1 aliphatic heterocycles. The predicted molar refractivity (Wildman–Crippen MR) is 130 cm³/mol. The summed E-state index contributed by atoms with van der Waals surface area (Å²) < 4.78 is 12.1. The van der Waals surface area contributed by atoms with Crippen molar-refractivity contribution >= 4 is 32.6 Å². The van der Waals surface area contributed by atoms with Crippen molar-refractivity contribution in [3.8, 4) is 5.75 Å². The first kappa shape index (κ1) is 22.7. The average Bonchev–Trinajstić information content (AvgIpc) is 3.25. The van der Waals surface area contributed by atoms with E-state index in [2.05, 4.69) is 30.0 Å². The number of morpholine rings is 1. The SMILES string of the molecule is CCOc1ccc(C(=O)N(CCCN2CCOCC2)c2nc3ccc(CC)cc3s2)cc1. The molecule has 4 rings (SSSR count). The van der Waals surface area contributed by atoms with E-state index in [1.807, 2.05) is 36.1 Å². The minimum absolute atomic E-state index is 0.0233. The lowest BCUT2D eigenvalue weighted by Crippen LogP contribution is -2.39. The summed E-state index contributed by atoms with van der Waals surface area (Å²) >= 11 is 1.59. The monoisotopic (exact) mass is 453 g/mol. The van der Waals surface area contributed by atoms with Crippen molar-refractivity contribution in [2.24, 2.45) is 0 Å². The van der Waals surface area contributed by atoms with Gasteiger partial charge in [-0.3, -0.25) is 14.6 Å². The number of aryl methyl sites for hydroxylation is 1. The van der Waals surface area contributed by atoms with Crippen LogP contribution < -0.4 is 9.64 Å². The van der Waals surface area contributed by atoms with Gasteiger partial charge in [-0.05, 0) is 61.7 Å². The van der Waals surface area contributed by atoms with Crippen LogP contribution in [0, 0.1) is 0 Å². The summed E-state index contributed by atoms with van der Waals surface area (Å²) in [4.78, 5) is 22.6. The molecule has 6 nitrogen and oxygen atoms in total. The third-order valence-corrected chi connectivity index (χ3v) is 6.74. The van der Waals surface area contributed by atoms with Crippen molar-refractivity contribution in [2.45, 2.75) is 26.7 Å². The molecule has 2 aromatic carbocycles. The van der Waals surface area contributed by atoms with Crippen molar-refractivity contribution in [1.29, 1.82) is 0 Å². The molecule has 0 aliphatic carbocycles. The van der Waals surface area contributed by atoms with E-state index in [1.165, 1.54) is 5.56 Å². The highest BCUT2D eigenvalue weighted by atomic mass is 32.1. The second kappa shape index (κ2) is 10.9. The van der Waals surface area contributed by atoms with E-state index in [0.29, 0.717) is 18.7 Å². The first-order valence-corrected chi connectivity index (χ1v) is 12.2. The summed E-state index contributed by atoms with van der Waals surface area (Å²) in [5, 5.41) is 0.758. The smallest absolute Gasteiger partial charge is 0.260 e. The summed E-state index contributed by atoms with van der Waals surface area (Å²) in [6, 6.07) is 13.7. The Morgan fingerprint density at radius 1 is 1.16 bits per heavy atom. The third kappa shape index (κ3) is 5.46. The fraction of sp³-hybridized carbons (Fsp3) is 0.440. The van der Waals surface area contributed by atoms with Gasteiger partial charge in [-0.25, -0.2) is 4.98 Å². The molecule has 2 heterocycles. The normalized spacial score (nSPS) is 14.6. The van der Waals surface area contributed by atoms with E-state index in [0.717, 1.165) is 66.8 Å². The van der Waals surface area contributed by atoms with Crippen LogP contribution in [-0.4, -0.2) is 61.8 Å². The lowest BCUT2D eigenvalue weighted by Gasteiger charge is -2.27. The first-order chi connectivity index (χ1) is 15.7. The maximum absolute atomic E-state index is 13.5. The summed E-state index contributed by atoms with van der Waals surface area (Å²) in [5.74, 6) is 0.750. The number of amides is 1. The lowest BCUT2D eigenvalue weighted by atomic mass is 10.2. The molecule has 3 aromatic rings.